The summed E-state index contributed by atoms with van der Waals surface area (Å²) >= 11 is 1.12. The first-order valence-corrected chi connectivity index (χ1v) is 7.89. The predicted molar refractivity (Wildman–Crippen MR) is 87.4 cm³/mol. The van der Waals surface area contributed by atoms with E-state index in [0.717, 1.165) is 28.2 Å². The van der Waals surface area contributed by atoms with E-state index >= 15 is 0 Å². The van der Waals surface area contributed by atoms with Gasteiger partial charge in [0.15, 0.2) is 0 Å². The number of aryl methyl sites for hydroxylation is 1. The van der Waals surface area contributed by atoms with Gasteiger partial charge in [-0.1, -0.05) is 11.3 Å². The molecule has 3 heterocycles. The lowest BCUT2D eigenvalue weighted by molar-refractivity contribution is 0.0954. The Morgan fingerprint density at radius 3 is 2.91 bits per heavy atom. The molecule has 0 unspecified atom stereocenters. The van der Waals surface area contributed by atoms with Gasteiger partial charge in [0.25, 0.3) is 5.91 Å². The average Bonchev–Trinajstić information content (AvgIpc) is 3.16. The van der Waals surface area contributed by atoms with E-state index < -0.39 is 0 Å². The van der Waals surface area contributed by atoms with E-state index in [0.29, 0.717) is 18.5 Å². The molecule has 0 spiro atoms. The Hall–Kier alpha value is -2.74. The van der Waals surface area contributed by atoms with Crippen LogP contribution in [0, 0.1) is 0 Å². The van der Waals surface area contributed by atoms with Crippen LogP contribution >= 0.6 is 11.3 Å². The SMILES string of the molecule is Cn1cc(-c2cncc(C(=O)NCCc3csc(=O)[nH]3)c2)cn1. The van der Waals surface area contributed by atoms with Crippen LogP contribution in [0.3, 0.4) is 0 Å². The Bertz CT molecular complexity index is 880. The lowest BCUT2D eigenvalue weighted by Gasteiger charge is -2.05. The van der Waals surface area contributed by atoms with E-state index in [1.54, 1.807) is 28.5 Å². The number of carbonyl (C=O) groups excluding carboxylic acids is 1. The zero-order valence-corrected chi connectivity index (χ0v) is 13.3. The van der Waals surface area contributed by atoms with Crippen molar-refractivity contribution in [2.24, 2.45) is 7.05 Å². The first kappa shape index (κ1) is 15.2. The Labute approximate surface area is 136 Å². The fraction of sp³-hybridized carbons (Fsp3) is 0.200. The van der Waals surface area contributed by atoms with Gasteiger partial charge < -0.3 is 10.3 Å². The van der Waals surface area contributed by atoms with Gasteiger partial charge in [0.05, 0.1) is 11.8 Å². The van der Waals surface area contributed by atoms with E-state index in [9.17, 15) is 9.59 Å². The summed E-state index contributed by atoms with van der Waals surface area (Å²) in [5.41, 5.74) is 3.06. The van der Waals surface area contributed by atoms with Crippen molar-refractivity contribution in [2.45, 2.75) is 6.42 Å². The molecule has 1 amide bonds. The third-order valence-corrected chi connectivity index (χ3v) is 4.01. The van der Waals surface area contributed by atoms with Gasteiger partial charge in [0, 0.05) is 60.8 Å². The van der Waals surface area contributed by atoms with Crippen molar-refractivity contribution in [1.82, 2.24) is 25.1 Å². The molecule has 3 aromatic heterocycles. The van der Waals surface area contributed by atoms with Crippen molar-refractivity contribution < 1.29 is 4.79 Å². The maximum atomic E-state index is 12.2. The minimum Gasteiger partial charge on any atom is -0.352 e. The van der Waals surface area contributed by atoms with Crippen LogP contribution < -0.4 is 10.2 Å². The molecular formula is C15H15N5O2S. The molecule has 0 atom stereocenters. The van der Waals surface area contributed by atoms with Crippen LogP contribution in [0.25, 0.3) is 11.1 Å². The smallest absolute Gasteiger partial charge is 0.304 e. The van der Waals surface area contributed by atoms with Gasteiger partial charge in [-0.15, -0.1) is 0 Å². The van der Waals surface area contributed by atoms with Crippen LogP contribution in [0.2, 0.25) is 0 Å². The van der Waals surface area contributed by atoms with Crippen molar-refractivity contribution in [3.05, 3.63) is 57.2 Å². The summed E-state index contributed by atoms with van der Waals surface area (Å²) in [6.45, 7) is 0.447. The molecule has 2 N–H and O–H groups in total. The average molecular weight is 329 g/mol. The van der Waals surface area contributed by atoms with Crippen molar-refractivity contribution in [1.29, 1.82) is 0 Å². The number of aromatic nitrogens is 4. The highest BCUT2D eigenvalue weighted by Crippen LogP contribution is 2.18. The fourth-order valence-corrected chi connectivity index (χ4v) is 2.76. The second-order valence-electron chi connectivity index (χ2n) is 5.04. The van der Waals surface area contributed by atoms with Crippen LogP contribution in [0.1, 0.15) is 16.1 Å². The van der Waals surface area contributed by atoms with E-state index in [2.05, 4.69) is 20.4 Å². The Morgan fingerprint density at radius 2 is 2.22 bits per heavy atom. The number of amides is 1. The minimum atomic E-state index is -0.194. The lowest BCUT2D eigenvalue weighted by Crippen LogP contribution is -2.26. The summed E-state index contributed by atoms with van der Waals surface area (Å²) in [7, 11) is 1.84. The molecule has 0 fully saturated rings. The molecule has 8 heteroatoms. The molecule has 7 nitrogen and oxygen atoms in total. The molecule has 0 aliphatic heterocycles. The molecule has 0 saturated heterocycles. The Balaban J connectivity index is 1.64. The van der Waals surface area contributed by atoms with Gasteiger partial charge in [0.1, 0.15) is 0 Å². The largest absolute Gasteiger partial charge is 0.352 e. The second kappa shape index (κ2) is 6.57. The maximum Gasteiger partial charge on any atom is 0.304 e. The highest BCUT2D eigenvalue weighted by Gasteiger charge is 2.09. The zero-order chi connectivity index (χ0) is 16.2. The molecule has 0 radical (unpaired) electrons. The Kier molecular flexibility index (Phi) is 4.33. The molecule has 0 aliphatic carbocycles. The third kappa shape index (κ3) is 3.72. The van der Waals surface area contributed by atoms with Gasteiger partial charge in [-0.05, 0) is 6.07 Å². The third-order valence-electron chi connectivity index (χ3n) is 3.29. The fourth-order valence-electron chi connectivity index (χ4n) is 2.14. The molecule has 0 saturated carbocycles. The normalized spacial score (nSPS) is 10.7. The first-order chi connectivity index (χ1) is 11.1. The molecule has 118 valence electrons. The van der Waals surface area contributed by atoms with Gasteiger partial charge in [0.2, 0.25) is 0 Å². The van der Waals surface area contributed by atoms with Crippen LogP contribution in [-0.4, -0.2) is 32.2 Å². The number of hydrogen-bond donors (Lipinski definition) is 2. The number of pyridine rings is 1. The molecule has 3 rings (SSSR count). The van der Waals surface area contributed by atoms with E-state index in [1.165, 1.54) is 6.20 Å². The molecule has 0 aliphatic rings. The Morgan fingerprint density at radius 1 is 1.35 bits per heavy atom. The number of rotatable bonds is 5. The molecular weight excluding hydrogens is 314 g/mol. The first-order valence-electron chi connectivity index (χ1n) is 7.01. The van der Waals surface area contributed by atoms with Crippen LogP contribution in [0.15, 0.2) is 41.0 Å². The lowest BCUT2D eigenvalue weighted by atomic mass is 10.1. The summed E-state index contributed by atoms with van der Waals surface area (Å²) in [6, 6.07) is 1.78. The molecule has 3 aromatic rings. The quantitative estimate of drug-likeness (QED) is 0.736. The number of nitrogens with one attached hydrogen (secondary N) is 2. The van der Waals surface area contributed by atoms with Crippen LogP contribution in [0.5, 0.6) is 0 Å². The van der Waals surface area contributed by atoms with Crippen molar-refractivity contribution in [3.8, 4) is 11.1 Å². The van der Waals surface area contributed by atoms with E-state index in [4.69, 9.17) is 0 Å². The van der Waals surface area contributed by atoms with Crippen molar-refractivity contribution in [2.75, 3.05) is 6.54 Å². The second-order valence-corrected chi connectivity index (χ2v) is 5.89. The topological polar surface area (TPSA) is 92.7 Å². The van der Waals surface area contributed by atoms with Gasteiger partial charge in [-0.3, -0.25) is 19.3 Å². The number of hydrogen-bond acceptors (Lipinski definition) is 5. The van der Waals surface area contributed by atoms with Gasteiger partial charge in [-0.2, -0.15) is 5.10 Å². The van der Waals surface area contributed by atoms with E-state index in [1.807, 2.05) is 13.2 Å². The van der Waals surface area contributed by atoms with E-state index in [-0.39, 0.29) is 10.8 Å². The monoisotopic (exact) mass is 329 g/mol. The van der Waals surface area contributed by atoms with Crippen LogP contribution in [0.4, 0.5) is 0 Å². The summed E-state index contributed by atoms with van der Waals surface area (Å²) in [5.74, 6) is -0.194. The molecule has 0 bridgehead atoms. The zero-order valence-electron chi connectivity index (χ0n) is 12.4. The minimum absolute atomic E-state index is 0.0836. The highest BCUT2D eigenvalue weighted by atomic mass is 32.1. The number of nitrogens with zero attached hydrogens (tertiary/aromatic N) is 3. The summed E-state index contributed by atoms with van der Waals surface area (Å²) in [5, 5.41) is 8.70. The summed E-state index contributed by atoms with van der Waals surface area (Å²) in [4.78, 5) is 30.0. The van der Waals surface area contributed by atoms with Crippen LogP contribution in [-0.2, 0) is 13.5 Å². The summed E-state index contributed by atoms with van der Waals surface area (Å²) < 4.78 is 1.70. The number of aromatic amines is 1. The van der Waals surface area contributed by atoms with Crippen molar-refractivity contribution >= 4 is 17.2 Å². The number of thiazole rings is 1. The van der Waals surface area contributed by atoms with Crippen molar-refractivity contribution in [3.63, 3.8) is 0 Å². The highest BCUT2D eigenvalue weighted by molar-refractivity contribution is 7.07. The maximum absolute atomic E-state index is 12.2. The standard InChI is InChI=1S/C15H15N5O2S/c1-20-8-12(7-18-20)10-4-11(6-16-5-10)14(21)17-3-2-13-9-23-15(22)19-13/h4-9H,2-3H2,1H3,(H,17,21)(H,19,22). The van der Waals surface area contributed by atoms with Gasteiger partial charge in [-0.25, -0.2) is 0 Å². The van der Waals surface area contributed by atoms with Gasteiger partial charge >= 0.3 is 4.87 Å². The molecule has 0 aromatic carbocycles. The number of carbonyl (C=O) groups is 1. The number of H-pyrrole nitrogens is 1. The summed E-state index contributed by atoms with van der Waals surface area (Å²) in [6.07, 6.45) is 7.41. The molecule has 23 heavy (non-hydrogen) atoms. The predicted octanol–water partition coefficient (Wildman–Crippen LogP) is 1.20.